The van der Waals surface area contributed by atoms with Crippen LogP contribution in [-0.2, 0) is 0 Å². The molecule has 0 unspecified atom stereocenters. The second-order valence-electron chi connectivity index (χ2n) is 5.22. The molecule has 0 saturated carbocycles. The minimum absolute atomic E-state index is 0.0307. The number of benzene rings is 2. The maximum Gasteiger partial charge on any atom is 0.161 e. The highest BCUT2D eigenvalue weighted by Crippen LogP contribution is 2.34. The maximum absolute atomic E-state index is 10.0. The Bertz CT molecular complexity index is 761. The van der Waals surface area contributed by atoms with Crippen LogP contribution in [0.5, 0.6) is 17.2 Å². The molecule has 23 heavy (non-hydrogen) atoms. The quantitative estimate of drug-likeness (QED) is 0.855. The minimum atomic E-state index is 0.0307. The van der Waals surface area contributed by atoms with Gasteiger partial charge in [-0.25, -0.2) is 0 Å². The fraction of sp³-hybridized carbons (Fsp3) is 0.235. The van der Waals surface area contributed by atoms with E-state index >= 15 is 0 Å². The van der Waals surface area contributed by atoms with Crippen LogP contribution in [0, 0.1) is 0 Å². The zero-order chi connectivity index (χ0) is 16.4. The van der Waals surface area contributed by atoms with E-state index in [0.29, 0.717) is 17.9 Å². The lowest BCUT2D eigenvalue weighted by atomic mass is 9.98. The average molecular weight is 377 g/mol. The van der Waals surface area contributed by atoms with E-state index in [0.717, 1.165) is 21.3 Å². The molecule has 5 nitrogen and oxygen atoms in total. The predicted molar refractivity (Wildman–Crippen MR) is 92.4 cm³/mol. The highest BCUT2D eigenvalue weighted by molar-refractivity contribution is 9.10. The summed E-state index contributed by atoms with van der Waals surface area (Å²) < 4.78 is 11.5. The number of ether oxygens (including phenoxy) is 2. The van der Waals surface area contributed by atoms with Gasteiger partial charge in [0.2, 0.25) is 0 Å². The van der Waals surface area contributed by atoms with E-state index in [4.69, 9.17) is 9.47 Å². The first-order valence-corrected chi connectivity index (χ1v) is 7.94. The Labute approximate surface area is 143 Å². The van der Waals surface area contributed by atoms with Crippen LogP contribution >= 0.6 is 15.9 Å². The van der Waals surface area contributed by atoms with Crippen molar-refractivity contribution in [2.45, 2.75) is 12.5 Å². The lowest BCUT2D eigenvalue weighted by Crippen LogP contribution is -2.10. The van der Waals surface area contributed by atoms with Gasteiger partial charge in [0.1, 0.15) is 5.75 Å². The number of phenols is 1. The van der Waals surface area contributed by atoms with Crippen LogP contribution in [0.3, 0.4) is 0 Å². The third-order valence-corrected chi connectivity index (χ3v) is 4.33. The summed E-state index contributed by atoms with van der Waals surface area (Å²) in [5.74, 6) is 1.60. The molecule has 1 atom stereocenters. The van der Waals surface area contributed by atoms with E-state index in [-0.39, 0.29) is 11.8 Å². The molecule has 120 valence electrons. The monoisotopic (exact) mass is 376 g/mol. The van der Waals surface area contributed by atoms with Gasteiger partial charge in [0.15, 0.2) is 11.5 Å². The first-order valence-electron chi connectivity index (χ1n) is 7.15. The van der Waals surface area contributed by atoms with Gasteiger partial charge in [-0.05, 0) is 35.9 Å². The van der Waals surface area contributed by atoms with Gasteiger partial charge in [0, 0.05) is 16.5 Å². The molecule has 0 fully saturated rings. The number of halogens is 1. The zero-order valence-corrected chi connectivity index (χ0v) is 14.4. The third kappa shape index (κ3) is 3.12. The van der Waals surface area contributed by atoms with Crippen molar-refractivity contribution < 1.29 is 14.6 Å². The predicted octanol–water partition coefficient (Wildman–Crippen LogP) is 3.61. The van der Waals surface area contributed by atoms with Crippen molar-refractivity contribution in [2.24, 2.45) is 5.10 Å². The van der Waals surface area contributed by atoms with Crippen LogP contribution in [0.25, 0.3) is 0 Å². The summed E-state index contributed by atoms with van der Waals surface area (Å²) in [5, 5.41) is 14.4. The van der Waals surface area contributed by atoms with E-state index < -0.39 is 0 Å². The molecule has 0 spiro atoms. The maximum atomic E-state index is 10.0. The summed E-state index contributed by atoms with van der Waals surface area (Å²) in [6.07, 6.45) is 0.680. The Kier molecular flexibility index (Phi) is 4.43. The summed E-state index contributed by atoms with van der Waals surface area (Å²) in [5.41, 5.74) is 5.73. The smallest absolute Gasteiger partial charge is 0.161 e. The zero-order valence-electron chi connectivity index (χ0n) is 12.8. The second kappa shape index (κ2) is 6.50. The van der Waals surface area contributed by atoms with Gasteiger partial charge in [-0.15, -0.1) is 0 Å². The van der Waals surface area contributed by atoms with E-state index in [9.17, 15) is 5.11 Å². The SMILES string of the molecule is COc1ccc([C@@H]2CC(c3cc(Br)ccc3O)=NN2)cc1OC. The Morgan fingerprint density at radius 2 is 1.91 bits per heavy atom. The van der Waals surface area contributed by atoms with Crippen LogP contribution in [0.15, 0.2) is 46.0 Å². The fourth-order valence-electron chi connectivity index (χ4n) is 2.61. The van der Waals surface area contributed by atoms with Gasteiger partial charge in [-0.1, -0.05) is 22.0 Å². The molecule has 2 aromatic carbocycles. The topological polar surface area (TPSA) is 63.1 Å². The number of aromatic hydroxyl groups is 1. The van der Waals surface area contributed by atoms with Gasteiger partial charge in [0.25, 0.3) is 0 Å². The first kappa shape index (κ1) is 15.7. The van der Waals surface area contributed by atoms with Crippen LogP contribution in [0.2, 0.25) is 0 Å². The molecule has 1 aliphatic rings. The highest BCUT2D eigenvalue weighted by atomic mass is 79.9. The van der Waals surface area contributed by atoms with E-state index in [1.807, 2.05) is 24.3 Å². The molecule has 0 amide bonds. The van der Waals surface area contributed by atoms with E-state index in [1.54, 1.807) is 26.4 Å². The summed E-state index contributed by atoms with van der Waals surface area (Å²) in [4.78, 5) is 0. The van der Waals surface area contributed by atoms with Crippen molar-refractivity contribution in [3.63, 3.8) is 0 Å². The Morgan fingerprint density at radius 3 is 2.65 bits per heavy atom. The number of phenolic OH excluding ortho intramolecular Hbond substituents is 1. The van der Waals surface area contributed by atoms with Gasteiger partial charge in [-0.3, -0.25) is 0 Å². The first-order chi connectivity index (χ1) is 11.1. The van der Waals surface area contributed by atoms with Crippen molar-refractivity contribution in [3.05, 3.63) is 52.0 Å². The number of nitrogens with zero attached hydrogens (tertiary/aromatic N) is 1. The number of hydrogen-bond acceptors (Lipinski definition) is 5. The molecule has 0 saturated heterocycles. The molecule has 1 aliphatic heterocycles. The Hall–Kier alpha value is -2.21. The number of rotatable bonds is 4. The third-order valence-electron chi connectivity index (χ3n) is 3.83. The Balaban J connectivity index is 1.83. The van der Waals surface area contributed by atoms with Crippen molar-refractivity contribution in [1.29, 1.82) is 0 Å². The molecule has 3 rings (SSSR count). The molecule has 0 aliphatic carbocycles. The molecular formula is C17H17BrN2O3. The fourth-order valence-corrected chi connectivity index (χ4v) is 2.97. The number of nitrogens with one attached hydrogen (secondary N) is 1. The molecule has 0 radical (unpaired) electrons. The average Bonchev–Trinajstić information content (AvgIpc) is 3.06. The molecule has 6 heteroatoms. The lowest BCUT2D eigenvalue weighted by Gasteiger charge is -2.14. The largest absolute Gasteiger partial charge is 0.507 e. The standard InChI is InChI=1S/C17H17BrN2O3/c1-22-16-6-3-10(7-17(16)23-2)13-9-14(20-19-13)12-8-11(18)4-5-15(12)21/h3-8,13,19,21H,9H2,1-2H3/t13-/m0/s1. The van der Waals surface area contributed by atoms with Crippen LogP contribution in [-0.4, -0.2) is 25.0 Å². The molecule has 2 aromatic rings. The van der Waals surface area contributed by atoms with E-state index in [2.05, 4.69) is 26.5 Å². The highest BCUT2D eigenvalue weighted by Gasteiger charge is 2.24. The lowest BCUT2D eigenvalue weighted by molar-refractivity contribution is 0.354. The minimum Gasteiger partial charge on any atom is -0.507 e. The molecule has 0 bridgehead atoms. The molecule has 0 aromatic heterocycles. The van der Waals surface area contributed by atoms with Crippen LogP contribution in [0.1, 0.15) is 23.6 Å². The second-order valence-corrected chi connectivity index (χ2v) is 6.14. The number of hydrazone groups is 1. The normalized spacial score (nSPS) is 16.7. The summed E-state index contributed by atoms with van der Waals surface area (Å²) in [6.45, 7) is 0. The summed E-state index contributed by atoms with van der Waals surface area (Å²) in [6, 6.07) is 11.2. The van der Waals surface area contributed by atoms with Gasteiger partial charge < -0.3 is 20.0 Å². The van der Waals surface area contributed by atoms with Gasteiger partial charge in [0.05, 0.1) is 26.0 Å². The molecule has 2 N–H and O–H groups in total. The number of hydrogen-bond donors (Lipinski definition) is 2. The van der Waals surface area contributed by atoms with Crippen molar-refractivity contribution in [2.75, 3.05) is 14.2 Å². The number of methoxy groups -OCH3 is 2. The van der Waals surface area contributed by atoms with Crippen molar-refractivity contribution in [3.8, 4) is 17.2 Å². The summed E-state index contributed by atoms with van der Waals surface area (Å²) in [7, 11) is 3.23. The van der Waals surface area contributed by atoms with Crippen molar-refractivity contribution in [1.82, 2.24) is 5.43 Å². The van der Waals surface area contributed by atoms with Crippen LogP contribution < -0.4 is 14.9 Å². The summed E-state index contributed by atoms with van der Waals surface area (Å²) >= 11 is 3.42. The van der Waals surface area contributed by atoms with E-state index in [1.165, 1.54) is 0 Å². The Morgan fingerprint density at radius 1 is 1.13 bits per heavy atom. The van der Waals surface area contributed by atoms with Crippen molar-refractivity contribution >= 4 is 21.6 Å². The molecular weight excluding hydrogens is 360 g/mol. The molecule has 1 heterocycles. The van der Waals surface area contributed by atoms with Crippen LogP contribution in [0.4, 0.5) is 0 Å². The van der Waals surface area contributed by atoms with Gasteiger partial charge in [-0.2, -0.15) is 5.10 Å². The van der Waals surface area contributed by atoms with Gasteiger partial charge >= 0.3 is 0 Å².